The number of rotatable bonds is 2. The van der Waals surface area contributed by atoms with Gasteiger partial charge in [0.25, 0.3) is 0 Å². The molecular formula is C15H9BrClNO2. The maximum Gasteiger partial charge on any atom is 0.425 e. The Hall–Kier alpha value is -1.78. The zero-order valence-electron chi connectivity index (χ0n) is 10.2. The molecule has 0 atom stereocenters. The zero-order chi connectivity index (χ0) is 14.1. The molecule has 0 aliphatic carbocycles. The molecule has 3 aromatic rings. The summed E-state index contributed by atoms with van der Waals surface area (Å²) in [4.78, 5) is 12.1. The van der Waals surface area contributed by atoms with Crippen molar-refractivity contribution in [3.05, 3.63) is 74.8 Å². The molecule has 3 rings (SSSR count). The van der Waals surface area contributed by atoms with Gasteiger partial charge in [0.15, 0.2) is 10.9 Å². The first-order valence-electron chi connectivity index (χ1n) is 5.90. The van der Waals surface area contributed by atoms with Crippen LogP contribution in [0.5, 0.6) is 0 Å². The summed E-state index contributed by atoms with van der Waals surface area (Å²) in [6.45, 7) is 0. The Kier molecular flexibility index (Phi) is 3.51. The highest BCUT2D eigenvalue weighted by Gasteiger charge is 2.18. The predicted molar refractivity (Wildman–Crippen MR) is 82.5 cm³/mol. The van der Waals surface area contributed by atoms with Gasteiger partial charge >= 0.3 is 5.76 Å². The molecule has 3 nitrogen and oxygen atoms in total. The molecule has 0 spiro atoms. The van der Waals surface area contributed by atoms with Gasteiger partial charge in [0.05, 0.1) is 5.69 Å². The van der Waals surface area contributed by atoms with E-state index in [2.05, 4.69) is 15.9 Å². The third-order valence-corrected chi connectivity index (χ3v) is 3.90. The van der Waals surface area contributed by atoms with Crippen LogP contribution in [-0.4, -0.2) is 4.57 Å². The molecule has 0 N–H and O–H groups in total. The van der Waals surface area contributed by atoms with Gasteiger partial charge < -0.3 is 4.42 Å². The van der Waals surface area contributed by atoms with Gasteiger partial charge in [-0.15, -0.1) is 0 Å². The van der Waals surface area contributed by atoms with Crippen LogP contribution in [0.25, 0.3) is 17.0 Å². The summed E-state index contributed by atoms with van der Waals surface area (Å²) in [6.07, 6.45) is 0. The molecule has 0 unspecified atom stereocenters. The van der Waals surface area contributed by atoms with Crippen LogP contribution in [0.3, 0.4) is 0 Å². The molecule has 0 saturated carbocycles. The Bertz CT molecular complexity index is 808. The van der Waals surface area contributed by atoms with Gasteiger partial charge in [0.1, 0.15) is 0 Å². The van der Waals surface area contributed by atoms with E-state index in [1.807, 2.05) is 48.5 Å². The Labute approximate surface area is 128 Å². The van der Waals surface area contributed by atoms with E-state index in [9.17, 15) is 4.79 Å². The summed E-state index contributed by atoms with van der Waals surface area (Å²) in [7, 11) is 0. The van der Waals surface area contributed by atoms with Gasteiger partial charge in [-0.05, 0) is 28.1 Å². The molecular weight excluding hydrogens is 342 g/mol. The lowest BCUT2D eigenvalue weighted by molar-refractivity contribution is 0.516. The van der Waals surface area contributed by atoms with Crippen LogP contribution in [0.1, 0.15) is 0 Å². The second-order valence-corrected chi connectivity index (χ2v) is 5.35. The Morgan fingerprint density at radius 2 is 1.65 bits per heavy atom. The minimum atomic E-state index is -0.513. The number of benzene rings is 2. The molecule has 1 heterocycles. The number of halogens is 2. The fraction of sp³-hybridized carbons (Fsp3) is 0. The first-order valence-corrected chi connectivity index (χ1v) is 7.07. The first kappa shape index (κ1) is 13.2. The largest absolute Gasteiger partial charge is 0.425 e. The van der Waals surface area contributed by atoms with Crippen molar-refractivity contribution in [2.75, 3.05) is 0 Å². The molecule has 0 radical (unpaired) electrons. The molecule has 100 valence electrons. The van der Waals surface area contributed by atoms with Crippen molar-refractivity contribution < 1.29 is 4.42 Å². The van der Waals surface area contributed by atoms with Crippen molar-refractivity contribution >= 4 is 27.5 Å². The minimum absolute atomic E-state index is 0.258. The SMILES string of the molecule is O=c1oc(-c2ccccc2)c(Cl)n1-c1ccccc1Br. The maximum absolute atomic E-state index is 12.1. The highest BCUT2D eigenvalue weighted by atomic mass is 79.9. The molecule has 0 amide bonds. The van der Waals surface area contributed by atoms with Crippen LogP contribution in [0.15, 0.2) is 68.3 Å². The van der Waals surface area contributed by atoms with Gasteiger partial charge in [0, 0.05) is 10.0 Å². The third kappa shape index (κ3) is 2.21. The van der Waals surface area contributed by atoms with Gasteiger partial charge in [-0.25, -0.2) is 9.36 Å². The third-order valence-electron chi connectivity index (χ3n) is 2.88. The zero-order valence-corrected chi connectivity index (χ0v) is 12.6. The molecule has 0 aliphatic heterocycles. The van der Waals surface area contributed by atoms with E-state index in [1.54, 1.807) is 6.07 Å². The highest BCUT2D eigenvalue weighted by Crippen LogP contribution is 2.30. The lowest BCUT2D eigenvalue weighted by atomic mass is 10.2. The average Bonchev–Trinajstić information content (AvgIpc) is 2.76. The van der Waals surface area contributed by atoms with Crippen LogP contribution in [-0.2, 0) is 0 Å². The van der Waals surface area contributed by atoms with E-state index in [0.717, 1.165) is 10.0 Å². The molecule has 20 heavy (non-hydrogen) atoms. The van der Waals surface area contributed by atoms with E-state index in [1.165, 1.54) is 4.57 Å². The average molecular weight is 351 g/mol. The van der Waals surface area contributed by atoms with E-state index < -0.39 is 5.76 Å². The summed E-state index contributed by atoms with van der Waals surface area (Å²) >= 11 is 9.73. The van der Waals surface area contributed by atoms with E-state index in [-0.39, 0.29) is 5.15 Å². The Balaban J connectivity index is 2.23. The number of aromatic nitrogens is 1. The number of nitrogens with zero attached hydrogens (tertiary/aromatic N) is 1. The number of hydrogen-bond donors (Lipinski definition) is 0. The first-order chi connectivity index (χ1) is 9.68. The predicted octanol–water partition coefficient (Wildman–Crippen LogP) is 4.51. The Morgan fingerprint density at radius 1 is 1.00 bits per heavy atom. The summed E-state index contributed by atoms with van der Waals surface area (Å²) in [6, 6.07) is 16.6. The molecule has 5 heteroatoms. The van der Waals surface area contributed by atoms with Crippen molar-refractivity contribution in [2.24, 2.45) is 0 Å². The second-order valence-electron chi connectivity index (χ2n) is 4.14. The summed E-state index contributed by atoms with van der Waals surface area (Å²) < 4.78 is 7.40. The van der Waals surface area contributed by atoms with Gasteiger partial charge in [0.2, 0.25) is 0 Å². The van der Waals surface area contributed by atoms with Crippen molar-refractivity contribution in [3.8, 4) is 17.0 Å². The molecule has 0 saturated heterocycles. The van der Waals surface area contributed by atoms with Crippen LogP contribution >= 0.6 is 27.5 Å². The number of oxazole rings is 1. The summed E-state index contributed by atoms with van der Waals surface area (Å²) in [5.74, 6) is -0.145. The van der Waals surface area contributed by atoms with Gasteiger partial charge in [-0.2, -0.15) is 0 Å². The van der Waals surface area contributed by atoms with E-state index in [4.69, 9.17) is 16.0 Å². The lowest BCUT2D eigenvalue weighted by Gasteiger charge is -2.04. The quantitative estimate of drug-likeness (QED) is 0.681. The van der Waals surface area contributed by atoms with Crippen molar-refractivity contribution in [1.29, 1.82) is 0 Å². The Morgan fingerprint density at radius 3 is 2.35 bits per heavy atom. The van der Waals surface area contributed by atoms with Crippen LogP contribution in [0, 0.1) is 0 Å². The summed E-state index contributed by atoms with van der Waals surface area (Å²) in [5, 5.41) is 0.258. The lowest BCUT2D eigenvalue weighted by Crippen LogP contribution is -2.12. The molecule has 0 fully saturated rings. The smallest absolute Gasteiger partial charge is 0.406 e. The van der Waals surface area contributed by atoms with Gasteiger partial charge in [-0.3, -0.25) is 0 Å². The fourth-order valence-electron chi connectivity index (χ4n) is 1.96. The van der Waals surface area contributed by atoms with Crippen LogP contribution in [0.4, 0.5) is 0 Å². The number of para-hydroxylation sites is 1. The van der Waals surface area contributed by atoms with Crippen molar-refractivity contribution in [3.63, 3.8) is 0 Å². The molecule has 0 bridgehead atoms. The van der Waals surface area contributed by atoms with Gasteiger partial charge in [-0.1, -0.05) is 54.1 Å². The number of hydrogen-bond acceptors (Lipinski definition) is 2. The van der Waals surface area contributed by atoms with E-state index >= 15 is 0 Å². The van der Waals surface area contributed by atoms with Crippen molar-refractivity contribution in [1.82, 2.24) is 4.57 Å². The normalized spacial score (nSPS) is 10.7. The molecule has 1 aromatic heterocycles. The fourth-order valence-corrected chi connectivity index (χ4v) is 2.73. The summed E-state index contributed by atoms with van der Waals surface area (Å²) in [5.41, 5.74) is 1.41. The standard InChI is InChI=1S/C15H9BrClNO2/c16-11-8-4-5-9-12(11)18-14(17)13(20-15(18)19)10-6-2-1-3-7-10/h1-9H. The molecule has 0 aliphatic rings. The van der Waals surface area contributed by atoms with Crippen LogP contribution < -0.4 is 5.76 Å². The topological polar surface area (TPSA) is 35.1 Å². The second kappa shape index (κ2) is 5.31. The van der Waals surface area contributed by atoms with Crippen LogP contribution in [0.2, 0.25) is 5.15 Å². The minimum Gasteiger partial charge on any atom is -0.406 e. The molecule has 2 aromatic carbocycles. The van der Waals surface area contributed by atoms with E-state index in [0.29, 0.717) is 11.4 Å². The monoisotopic (exact) mass is 349 g/mol. The maximum atomic E-state index is 12.1. The highest BCUT2D eigenvalue weighted by molar-refractivity contribution is 9.10. The van der Waals surface area contributed by atoms with Crippen molar-refractivity contribution in [2.45, 2.75) is 0 Å².